The molecule has 1 unspecified atom stereocenters. The number of carbonyl (C=O) groups is 4. The Morgan fingerprint density at radius 1 is 1.26 bits per heavy atom. The van der Waals surface area contributed by atoms with E-state index in [9.17, 15) is 19.2 Å². The summed E-state index contributed by atoms with van der Waals surface area (Å²) in [6.07, 6.45) is 1.32. The zero-order valence-electron chi connectivity index (χ0n) is 10.8. The first-order chi connectivity index (χ1) is 8.97. The summed E-state index contributed by atoms with van der Waals surface area (Å²) in [5.74, 6) is -0.422. The second-order valence-corrected chi connectivity index (χ2v) is 4.99. The van der Waals surface area contributed by atoms with E-state index in [1.807, 2.05) is 0 Å². The summed E-state index contributed by atoms with van der Waals surface area (Å²) in [6.45, 7) is 2.64. The van der Waals surface area contributed by atoms with Crippen molar-refractivity contribution >= 4 is 23.6 Å². The average Bonchev–Trinajstić information content (AvgIpc) is 2.68. The molecule has 2 fully saturated rings. The van der Waals surface area contributed by atoms with E-state index in [1.165, 1.54) is 0 Å². The monoisotopic (exact) mass is 267 g/mol. The summed E-state index contributed by atoms with van der Waals surface area (Å²) in [7, 11) is 0. The lowest BCUT2D eigenvalue weighted by molar-refractivity contribution is -0.136. The molecule has 2 heterocycles. The Balaban J connectivity index is 1.83. The summed E-state index contributed by atoms with van der Waals surface area (Å²) in [6, 6.07) is -1.33. The highest BCUT2D eigenvalue weighted by molar-refractivity contribution is 6.05. The van der Waals surface area contributed by atoms with Crippen molar-refractivity contribution < 1.29 is 19.2 Å². The second kappa shape index (κ2) is 5.38. The molecule has 0 aromatic rings. The number of nitrogens with zero attached hydrogens (tertiary/aromatic N) is 1. The molecule has 4 amide bonds. The van der Waals surface area contributed by atoms with Gasteiger partial charge < -0.3 is 10.2 Å². The molecule has 0 aromatic carbocycles. The molecule has 2 saturated heterocycles. The number of nitrogens with one attached hydrogen (secondary N) is 2. The Morgan fingerprint density at radius 3 is 2.37 bits per heavy atom. The molecular formula is C12H17N3O4. The van der Waals surface area contributed by atoms with Gasteiger partial charge in [0.2, 0.25) is 5.91 Å². The van der Waals surface area contributed by atoms with Crippen molar-refractivity contribution in [1.29, 1.82) is 0 Å². The molecule has 2 aliphatic rings. The van der Waals surface area contributed by atoms with Crippen LogP contribution in [0.4, 0.5) is 4.79 Å². The fourth-order valence-electron chi connectivity index (χ4n) is 2.44. The first kappa shape index (κ1) is 13.5. The van der Waals surface area contributed by atoms with E-state index in [-0.39, 0.29) is 24.0 Å². The number of imide groups is 1. The van der Waals surface area contributed by atoms with Crippen molar-refractivity contribution in [3.8, 4) is 0 Å². The number of likely N-dealkylation sites (tertiary alicyclic amines) is 1. The zero-order chi connectivity index (χ0) is 14.0. The van der Waals surface area contributed by atoms with Crippen molar-refractivity contribution in [3.63, 3.8) is 0 Å². The third-order valence-corrected chi connectivity index (χ3v) is 3.66. The van der Waals surface area contributed by atoms with E-state index < -0.39 is 18.0 Å². The molecule has 0 radical (unpaired) electrons. The lowest BCUT2D eigenvalue weighted by Crippen LogP contribution is -2.43. The zero-order valence-corrected chi connectivity index (χ0v) is 10.8. The molecule has 19 heavy (non-hydrogen) atoms. The molecule has 0 spiro atoms. The summed E-state index contributed by atoms with van der Waals surface area (Å²) < 4.78 is 0. The maximum atomic E-state index is 12.0. The molecule has 0 aliphatic carbocycles. The predicted molar refractivity (Wildman–Crippen MR) is 65.1 cm³/mol. The molecule has 2 aliphatic heterocycles. The van der Waals surface area contributed by atoms with E-state index >= 15 is 0 Å². The van der Waals surface area contributed by atoms with Crippen molar-refractivity contribution in [1.82, 2.24) is 15.5 Å². The quantitative estimate of drug-likeness (QED) is 0.668. The highest BCUT2D eigenvalue weighted by Crippen LogP contribution is 2.19. The number of Topliss-reactive ketones (excluding diaryl/α,β-unsaturated/α-hetero) is 1. The van der Waals surface area contributed by atoms with Crippen LogP contribution in [0.3, 0.4) is 0 Å². The number of amides is 4. The van der Waals surface area contributed by atoms with Crippen molar-refractivity contribution in [2.75, 3.05) is 13.1 Å². The van der Waals surface area contributed by atoms with E-state index in [1.54, 1.807) is 11.8 Å². The number of piperidine rings is 1. The molecule has 0 aromatic heterocycles. The highest BCUT2D eigenvalue weighted by atomic mass is 16.2. The molecule has 2 rings (SSSR count). The van der Waals surface area contributed by atoms with Gasteiger partial charge in [0.25, 0.3) is 5.91 Å². The number of hydrogen-bond donors (Lipinski definition) is 2. The molecule has 104 valence electrons. The van der Waals surface area contributed by atoms with Crippen LogP contribution in [0.1, 0.15) is 26.2 Å². The van der Waals surface area contributed by atoms with Crippen LogP contribution in [-0.2, 0) is 14.4 Å². The van der Waals surface area contributed by atoms with Gasteiger partial charge in [0.15, 0.2) is 0 Å². The summed E-state index contributed by atoms with van der Waals surface area (Å²) >= 11 is 0. The highest BCUT2D eigenvalue weighted by Gasteiger charge is 2.33. The lowest BCUT2D eigenvalue weighted by atomic mass is 9.93. The topological polar surface area (TPSA) is 95.6 Å². The van der Waals surface area contributed by atoms with Crippen LogP contribution >= 0.6 is 0 Å². The van der Waals surface area contributed by atoms with E-state index in [0.717, 1.165) is 0 Å². The van der Waals surface area contributed by atoms with Gasteiger partial charge in [-0.3, -0.25) is 19.7 Å². The maximum Gasteiger partial charge on any atom is 0.322 e. The van der Waals surface area contributed by atoms with Crippen LogP contribution in [0, 0.1) is 5.92 Å². The Kier molecular flexibility index (Phi) is 3.82. The van der Waals surface area contributed by atoms with Crippen LogP contribution in [0.25, 0.3) is 0 Å². The smallest absolute Gasteiger partial charge is 0.322 e. The molecule has 0 saturated carbocycles. The predicted octanol–water partition coefficient (Wildman–Crippen LogP) is -0.588. The van der Waals surface area contributed by atoms with Gasteiger partial charge in [0.1, 0.15) is 11.8 Å². The fourth-order valence-corrected chi connectivity index (χ4v) is 2.44. The van der Waals surface area contributed by atoms with Crippen LogP contribution in [-0.4, -0.2) is 47.7 Å². The number of rotatable bonds is 3. The van der Waals surface area contributed by atoms with Crippen molar-refractivity contribution in [3.05, 3.63) is 0 Å². The van der Waals surface area contributed by atoms with Gasteiger partial charge in [0, 0.05) is 19.0 Å². The second-order valence-electron chi connectivity index (χ2n) is 4.99. The molecule has 7 heteroatoms. The molecule has 0 bridgehead atoms. The Labute approximate surface area is 110 Å². The fraction of sp³-hybridized carbons (Fsp3) is 0.667. The van der Waals surface area contributed by atoms with Crippen LogP contribution in [0.5, 0.6) is 0 Å². The largest absolute Gasteiger partial charge is 0.343 e. The normalized spacial score (nSPS) is 24.1. The van der Waals surface area contributed by atoms with E-state index in [2.05, 4.69) is 10.6 Å². The molecule has 2 N–H and O–H groups in total. The van der Waals surface area contributed by atoms with Gasteiger partial charge in [-0.2, -0.15) is 0 Å². The average molecular weight is 267 g/mol. The van der Waals surface area contributed by atoms with E-state index in [4.69, 9.17) is 0 Å². The first-order valence-corrected chi connectivity index (χ1v) is 6.37. The third-order valence-electron chi connectivity index (χ3n) is 3.66. The molecule has 7 nitrogen and oxygen atoms in total. The van der Waals surface area contributed by atoms with E-state index in [0.29, 0.717) is 25.9 Å². The minimum atomic E-state index is -0.773. The number of carbonyl (C=O) groups excluding carboxylic acids is 4. The minimum absolute atomic E-state index is 0.0255. The van der Waals surface area contributed by atoms with Crippen molar-refractivity contribution in [2.24, 2.45) is 5.92 Å². The van der Waals surface area contributed by atoms with Crippen LogP contribution in [0.15, 0.2) is 0 Å². The SMILES string of the molecule is CC(=O)C1CCN(C(=O)CC2NC(=O)NC2=O)CC1. The Morgan fingerprint density at radius 2 is 1.89 bits per heavy atom. The number of hydrogen-bond acceptors (Lipinski definition) is 4. The number of ketones is 1. The van der Waals surface area contributed by atoms with Crippen molar-refractivity contribution in [2.45, 2.75) is 32.2 Å². The van der Waals surface area contributed by atoms with Gasteiger partial charge in [-0.15, -0.1) is 0 Å². The molecule has 1 atom stereocenters. The summed E-state index contributed by atoms with van der Waals surface area (Å²) in [4.78, 5) is 47.1. The summed E-state index contributed by atoms with van der Waals surface area (Å²) in [5, 5.41) is 4.49. The summed E-state index contributed by atoms with van der Waals surface area (Å²) in [5.41, 5.74) is 0. The van der Waals surface area contributed by atoms with Gasteiger partial charge in [0.05, 0.1) is 6.42 Å². The first-order valence-electron chi connectivity index (χ1n) is 6.37. The Bertz CT molecular complexity index is 427. The standard InChI is InChI=1S/C12H17N3O4/c1-7(16)8-2-4-15(5-3-8)10(17)6-9-11(18)14-12(19)13-9/h8-9H,2-6H2,1H3,(H2,13,14,18,19). The number of urea groups is 1. The molecular weight excluding hydrogens is 250 g/mol. The third kappa shape index (κ3) is 3.10. The minimum Gasteiger partial charge on any atom is -0.343 e. The Hall–Kier alpha value is -1.92. The van der Waals surface area contributed by atoms with Crippen LogP contribution < -0.4 is 10.6 Å². The maximum absolute atomic E-state index is 12.0. The lowest BCUT2D eigenvalue weighted by Gasteiger charge is -2.31. The van der Waals surface area contributed by atoms with Gasteiger partial charge >= 0.3 is 6.03 Å². The van der Waals surface area contributed by atoms with Gasteiger partial charge in [-0.25, -0.2) is 4.79 Å². The van der Waals surface area contributed by atoms with Crippen LogP contribution in [0.2, 0.25) is 0 Å². The van der Waals surface area contributed by atoms with Gasteiger partial charge in [-0.1, -0.05) is 0 Å². The van der Waals surface area contributed by atoms with Gasteiger partial charge in [-0.05, 0) is 19.8 Å².